The van der Waals surface area contributed by atoms with Crippen LogP contribution < -0.4 is 0 Å². The number of oxazole rings is 1. The zero-order valence-corrected chi connectivity index (χ0v) is 13.5. The third-order valence-corrected chi connectivity index (χ3v) is 4.54. The number of hydrogen-bond acceptors (Lipinski definition) is 4. The van der Waals surface area contributed by atoms with Gasteiger partial charge in [-0.15, -0.1) is 0 Å². The molecule has 1 saturated carbocycles. The van der Waals surface area contributed by atoms with Crippen LogP contribution in [0.3, 0.4) is 0 Å². The molecular weight excluding hydrogens is 311 g/mol. The average molecular weight is 330 g/mol. The monoisotopic (exact) mass is 330 g/mol. The predicted octanol–water partition coefficient (Wildman–Crippen LogP) is 3.21. The molecule has 1 aliphatic carbocycles. The van der Waals surface area contributed by atoms with Crippen LogP contribution in [0.25, 0.3) is 0 Å². The Hall–Kier alpha value is -2.21. The first-order valence-electron chi connectivity index (χ1n) is 8.26. The fourth-order valence-corrected chi connectivity index (χ4v) is 3.02. The maximum atomic E-state index is 14.0. The third kappa shape index (κ3) is 2.82. The maximum Gasteiger partial charge on any atom is 0.291 e. The summed E-state index contributed by atoms with van der Waals surface area (Å²) in [6.07, 6.45) is 1.68. The van der Waals surface area contributed by atoms with E-state index in [4.69, 9.17) is 9.15 Å². The molecule has 1 aromatic heterocycles. The first-order valence-corrected chi connectivity index (χ1v) is 8.26. The van der Waals surface area contributed by atoms with Crippen molar-refractivity contribution in [3.05, 3.63) is 53.0 Å². The number of rotatable bonds is 3. The molecule has 1 amide bonds. The van der Waals surface area contributed by atoms with E-state index in [0.717, 1.165) is 12.8 Å². The number of morpholine rings is 1. The van der Waals surface area contributed by atoms with E-state index >= 15 is 0 Å². The van der Waals surface area contributed by atoms with Crippen LogP contribution in [0.4, 0.5) is 4.39 Å². The lowest BCUT2D eigenvalue weighted by Crippen LogP contribution is -2.42. The zero-order valence-electron chi connectivity index (χ0n) is 13.5. The van der Waals surface area contributed by atoms with E-state index in [9.17, 15) is 9.18 Å². The number of carbonyl (C=O) groups excluding carboxylic acids is 1. The van der Waals surface area contributed by atoms with E-state index in [0.29, 0.717) is 48.5 Å². The number of carbonyl (C=O) groups is 1. The first-order chi connectivity index (χ1) is 11.6. The van der Waals surface area contributed by atoms with E-state index in [1.807, 2.05) is 0 Å². The van der Waals surface area contributed by atoms with Gasteiger partial charge in [-0.2, -0.15) is 0 Å². The van der Waals surface area contributed by atoms with Crippen molar-refractivity contribution in [2.24, 2.45) is 0 Å². The molecule has 0 N–H and O–H groups in total. The highest BCUT2D eigenvalue weighted by atomic mass is 19.1. The molecule has 0 radical (unpaired) electrons. The molecule has 1 aromatic carbocycles. The molecule has 24 heavy (non-hydrogen) atoms. The summed E-state index contributed by atoms with van der Waals surface area (Å²) in [4.78, 5) is 18.8. The molecule has 1 saturated heterocycles. The van der Waals surface area contributed by atoms with Crippen molar-refractivity contribution >= 4 is 5.91 Å². The van der Waals surface area contributed by atoms with Gasteiger partial charge in [0.15, 0.2) is 5.89 Å². The Balaban J connectivity index is 1.53. The summed E-state index contributed by atoms with van der Waals surface area (Å²) in [7, 11) is 0. The van der Waals surface area contributed by atoms with Gasteiger partial charge >= 0.3 is 0 Å². The molecule has 6 heteroatoms. The summed E-state index contributed by atoms with van der Waals surface area (Å²) in [5.74, 6) is 0.808. The lowest BCUT2D eigenvalue weighted by molar-refractivity contribution is -0.0253. The summed E-state index contributed by atoms with van der Waals surface area (Å²) in [6, 6.07) is 6.51. The maximum absolute atomic E-state index is 14.0. The number of benzene rings is 1. The summed E-state index contributed by atoms with van der Waals surface area (Å²) in [5.41, 5.74) is 1.10. The molecule has 0 spiro atoms. The van der Waals surface area contributed by atoms with Gasteiger partial charge in [0.2, 0.25) is 5.76 Å². The van der Waals surface area contributed by atoms with Crippen LogP contribution in [-0.4, -0.2) is 35.5 Å². The number of halogens is 1. The van der Waals surface area contributed by atoms with Gasteiger partial charge in [0, 0.05) is 18.0 Å². The van der Waals surface area contributed by atoms with Crippen molar-refractivity contribution in [3.8, 4) is 0 Å². The molecular formula is C18H19FN2O3. The van der Waals surface area contributed by atoms with E-state index < -0.39 is 6.10 Å². The number of hydrogen-bond donors (Lipinski definition) is 0. The van der Waals surface area contributed by atoms with Crippen molar-refractivity contribution in [1.82, 2.24) is 9.88 Å². The van der Waals surface area contributed by atoms with Crippen LogP contribution >= 0.6 is 0 Å². The number of nitrogens with zero attached hydrogens (tertiary/aromatic N) is 2. The van der Waals surface area contributed by atoms with E-state index in [2.05, 4.69) is 4.98 Å². The summed E-state index contributed by atoms with van der Waals surface area (Å²) in [5, 5.41) is 0. The highest BCUT2D eigenvalue weighted by Crippen LogP contribution is 2.40. The number of aryl methyl sites for hydroxylation is 1. The van der Waals surface area contributed by atoms with Crippen molar-refractivity contribution in [2.75, 3.05) is 19.7 Å². The molecule has 2 fully saturated rings. The largest absolute Gasteiger partial charge is 0.435 e. The Morgan fingerprint density at radius 3 is 2.88 bits per heavy atom. The lowest BCUT2D eigenvalue weighted by atomic mass is 10.1. The van der Waals surface area contributed by atoms with Gasteiger partial charge in [-0.05, 0) is 25.8 Å². The van der Waals surface area contributed by atoms with Crippen LogP contribution in [0.2, 0.25) is 0 Å². The summed E-state index contributed by atoms with van der Waals surface area (Å²) < 4.78 is 25.3. The first kappa shape index (κ1) is 15.3. The van der Waals surface area contributed by atoms with Gasteiger partial charge in [0.1, 0.15) is 11.9 Å². The SMILES string of the molecule is Cc1nc(C2CC2)oc1C(=O)N1CCO[C@@H](c2ccccc2F)C1. The molecule has 0 unspecified atom stereocenters. The minimum atomic E-state index is -0.463. The zero-order chi connectivity index (χ0) is 16.7. The molecule has 2 heterocycles. The Morgan fingerprint density at radius 2 is 2.12 bits per heavy atom. The van der Waals surface area contributed by atoms with Crippen LogP contribution in [0.5, 0.6) is 0 Å². The van der Waals surface area contributed by atoms with E-state index in [1.165, 1.54) is 6.07 Å². The number of ether oxygens (including phenoxy) is 1. The Morgan fingerprint density at radius 1 is 1.33 bits per heavy atom. The Bertz CT molecular complexity index is 769. The molecule has 0 bridgehead atoms. The highest BCUT2D eigenvalue weighted by Gasteiger charge is 2.34. The van der Waals surface area contributed by atoms with Gasteiger partial charge in [0.05, 0.1) is 18.8 Å². The van der Waals surface area contributed by atoms with Crippen molar-refractivity contribution < 1.29 is 18.3 Å². The fraction of sp³-hybridized carbons (Fsp3) is 0.444. The third-order valence-electron chi connectivity index (χ3n) is 4.54. The minimum Gasteiger partial charge on any atom is -0.435 e. The molecule has 2 aliphatic rings. The number of aromatic nitrogens is 1. The Labute approximate surface area is 139 Å². The molecule has 1 aliphatic heterocycles. The second kappa shape index (κ2) is 6.02. The molecule has 4 rings (SSSR count). The normalized spacial score (nSPS) is 21.1. The van der Waals surface area contributed by atoms with Crippen LogP contribution in [0, 0.1) is 12.7 Å². The molecule has 126 valence electrons. The minimum absolute atomic E-state index is 0.198. The van der Waals surface area contributed by atoms with Crippen LogP contribution in [-0.2, 0) is 4.74 Å². The second-order valence-corrected chi connectivity index (χ2v) is 6.37. The van der Waals surface area contributed by atoms with Gasteiger partial charge in [-0.1, -0.05) is 18.2 Å². The average Bonchev–Trinajstić information content (AvgIpc) is 3.37. The summed E-state index contributed by atoms with van der Waals surface area (Å²) >= 11 is 0. The molecule has 1 atom stereocenters. The van der Waals surface area contributed by atoms with Gasteiger partial charge in [-0.25, -0.2) is 9.37 Å². The highest BCUT2D eigenvalue weighted by molar-refractivity contribution is 5.92. The van der Waals surface area contributed by atoms with E-state index in [-0.39, 0.29) is 11.7 Å². The van der Waals surface area contributed by atoms with Gasteiger partial charge < -0.3 is 14.1 Å². The van der Waals surface area contributed by atoms with E-state index in [1.54, 1.807) is 30.0 Å². The quantitative estimate of drug-likeness (QED) is 0.867. The Kier molecular flexibility index (Phi) is 3.84. The topological polar surface area (TPSA) is 55.6 Å². The molecule has 5 nitrogen and oxygen atoms in total. The van der Waals surface area contributed by atoms with Gasteiger partial charge in [-0.3, -0.25) is 4.79 Å². The summed E-state index contributed by atoms with van der Waals surface area (Å²) in [6.45, 7) is 2.92. The van der Waals surface area contributed by atoms with Gasteiger partial charge in [0.25, 0.3) is 5.91 Å². The standard InChI is InChI=1S/C18H19FN2O3/c1-11-16(24-17(20-11)12-6-7-12)18(22)21-8-9-23-15(10-21)13-4-2-3-5-14(13)19/h2-5,12,15H,6-10H2,1H3/t15-/m1/s1. The van der Waals surface area contributed by atoms with Crippen molar-refractivity contribution in [3.63, 3.8) is 0 Å². The predicted molar refractivity (Wildman–Crippen MR) is 84.2 cm³/mol. The van der Waals surface area contributed by atoms with Crippen molar-refractivity contribution in [2.45, 2.75) is 31.8 Å². The second-order valence-electron chi connectivity index (χ2n) is 6.37. The lowest BCUT2D eigenvalue weighted by Gasteiger charge is -2.32. The fourth-order valence-electron chi connectivity index (χ4n) is 3.02. The molecule has 2 aromatic rings. The number of amides is 1. The smallest absolute Gasteiger partial charge is 0.291 e. The van der Waals surface area contributed by atoms with Crippen LogP contribution in [0.1, 0.15) is 52.6 Å². The van der Waals surface area contributed by atoms with Crippen LogP contribution in [0.15, 0.2) is 28.7 Å². The van der Waals surface area contributed by atoms with Crippen molar-refractivity contribution in [1.29, 1.82) is 0 Å².